The van der Waals surface area contributed by atoms with Crippen LogP contribution in [0.5, 0.6) is 0 Å². The minimum atomic E-state index is -0.845. The van der Waals surface area contributed by atoms with Crippen LogP contribution in [0.25, 0.3) is 0 Å². The number of nitrogens with two attached hydrogens (primary N) is 2. The van der Waals surface area contributed by atoms with E-state index in [9.17, 15) is 9.59 Å². The van der Waals surface area contributed by atoms with E-state index in [1.54, 1.807) is 0 Å². The van der Waals surface area contributed by atoms with Gasteiger partial charge in [0.2, 0.25) is 0 Å². The van der Waals surface area contributed by atoms with Gasteiger partial charge in [-0.2, -0.15) is 0 Å². The van der Waals surface area contributed by atoms with E-state index in [1.165, 1.54) is 11.1 Å². The Morgan fingerprint density at radius 3 is 1.61 bits per heavy atom. The molecule has 0 aromatic heterocycles. The van der Waals surface area contributed by atoms with Gasteiger partial charge in [0.1, 0.15) is 0 Å². The van der Waals surface area contributed by atoms with Crippen LogP contribution in [-0.4, -0.2) is 18.5 Å². The van der Waals surface area contributed by atoms with Crippen molar-refractivity contribution in [3.05, 3.63) is 108 Å². The number of carbonyl (C=O) groups is 2. The smallest absolute Gasteiger partial charge is 0.319 e. The van der Waals surface area contributed by atoms with Gasteiger partial charge in [0.25, 0.3) is 5.91 Å². The Morgan fingerprint density at radius 1 is 0.750 bits per heavy atom. The van der Waals surface area contributed by atoms with E-state index in [2.05, 4.69) is 29.6 Å². The first-order chi connectivity index (χ1) is 13.6. The molecule has 3 aromatic carbocycles. The third-order valence-electron chi connectivity index (χ3n) is 4.70. The molecule has 28 heavy (non-hydrogen) atoms. The molecule has 0 aliphatic rings. The molecule has 1 atom stereocenters. The zero-order valence-electron chi connectivity index (χ0n) is 15.5. The van der Waals surface area contributed by atoms with Crippen molar-refractivity contribution >= 4 is 11.9 Å². The number of hydrogen-bond donors (Lipinski definition) is 3. The van der Waals surface area contributed by atoms with E-state index in [0.29, 0.717) is 6.54 Å². The van der Waals surface area contributed by atoms with Gasteiger partial charge in [-0.05, 0) is 11.1 Å². The number of rotatable bonds is 7. The molecule has 5 N–H and O–H groups in total. The molecule has 0 fully saturated rings. The molecule has 0 spiro atoms. The fraction of sp³-hybridized carbons (Fsp3) is 0.130. The number of benzene rings is 3. The number of carbonyl (C=O) groups excluding carboxylic acids is 2. The summed E-state index contributed by atoms with van der Waals surface area (Å²) in [5.41, 5.74) is 8.33. The van der Waals surface area contributed by atoms with Crippen molar-refractivity contribution in [3.8, 4) is 0 Å². The summed E-state index contributed by atoms with van der Waals surface area (Å²) in [4.78, 5) is 23.8. The van der Waals surface area contributed by atoms with Gasteiger partial charge in [-0.15, -0.1) is 0 Å². The number of amides is 3. The van der Waals surface area contributed by atoms with Gasteiger partial charge < -0.3 is 11.1 Å². The van der Waals surface area contributed by atoms with Gasteiger partial charge in [0, 0.05) is 5.56 Å². The predicted molar refractivity (Wildman–Crippen MR) is 108 cm³/mol. The maximum atomic E-state index is 12.6. The lowest BCUT2D eigenvalue weighted by atomic mass is 9.90. The molecule has 142 valence electrons. The van der Waals surface area contributed by atoms with Crippen molar-refractivity contribution in [3.63, 3.8) is 0 Å². The first-order valence-electron chi connectivity index (χ1n) is 9.23. The second-order valence-corrected chi connectivity index (χ2v) is 6.59. The second kappa shape index (κ2) is 9.48. The normalized spacial score (nSPS) is 11.8. The Bertz CT molecular complexity index is 859. The van der Waals surface area contributed by atoms with E-state index in [1.807, 2.05) is 72.0 Å². The molecule has 0 aliphatic heterocycles. The zero-order valence-corrected chi connectivity index (χ0v) is 15.5. The van der Waals surface area contributed by atoms with Crippen molar-refractivity contribution in [2.75, 3.05) is 6.54 Å². The van der Waals surface area contributed by atoms with Crippen LogP contribution in [-0.2, 0) is 4.79 Å². The average Bonchev–Trinajstić information content (AvgIpc) is 2.72. The van der Waals surface area contributed by atoms with Crippen molar-refractivity contribution in [1.82, 2.24) is 5.32 Å². The standard InChI is InChI=1S/C23H23N3O2/c24-23(28)26-22(27)21(19-14-8-3-9-15-19)25-16-20(17-10-4-1-5-11-17)18-12-6-2-7-13-18/h1-15,20-21,25H,16H2,(H3,24,26,27,28)/p+1/t21-/m1/s1. The van der Waals surface area contributed by atoms with E-state index < -0.39 is 18.0 Å². The van der Waals surface area contributed by atoms with Crippen LogP contribution in [0.4, 0.5) is 4.79 Å². The van der Waals surface area contributed by atoms with Crippen LogP contribution in [0.3, 0.4) is 0 Å². The quantitative estimate of drug-likeness (QED) is 0.592. The maximum Gasteiger partial charge on any atom is 0.319 e. The van der Waals surface area contributed by atoms with Crippen LogP contribution in [0.2, 0.25) is 0 Å². The Morgan fingerprint density at radius 2 is 1.18 bits per heavy atom. The zero-order chi connectivity index (χ0) is 19.8. The minimum absolute atomic E-state index is 0.106. The molecule has 0 saturated carbocycles. The lowest BCUT2D eigenvalue weighted by Gasteiger charge is -2.21. The minimum Gasteiger partial charge on any atom is -0.351 e. The van der Waals surface area contributed by atoms with Crippen molar-refractivity contribution in [2.45, 2.75) is 12.0 Å². The molecule has 0 bridgehead atoms. The number of quaternary nitrogens is 1. The molecule has 3 aromatic rings. The predicted octanol–water partition coefficient (Wildman–Crippen LogP) is 2.32. The van der Waals surface area contributed by atoms with E-state index in [-0.39, 0.29) is 5.92 Å². The van der Waals surface area contributed by atoms with Gasteiger partial charge >= 0.3 is 6.03 Å². The summed E-state index contributed by atoms with van der Waals surface area (Å²) in [5.74, 6) is -0.312. The molecule has 5 nitrogen and oxygen atoms in total. The van der Waals surface area contributed by atoms with E-state index in [0.717, 1.165) is 5.56 Å². The SMILES string of the molecule is NC(=O)NC(=O)[C@H]([NH2+]CC(c1ccccc1)c1ccccc1)c1ccccc1. The number of nitrogens with one attached hydrogen (secondary N) is 1. The highest BCUT2D eigenvalue weighted by Gasteiger charge is 2.27. The van der Waals surface area contributed by atoms with Gasteiger partial charge in [-0.3, -0.25) is 10.1 Å². The van der Waals surface area contributed by atoms with Gasteiger partial charge in [-0.1, -0.05) is 91.0 Å². The van der Waals surface area contributed by atoms with Crippen LogP contribution < -0.4 is 16.4 Å². The van der Waals surface area contributed by atoms with E-state index in [4.69, 9.17) is 5.73 Å². The largest absolute Gasteiger partial charge is 0.351 e. The number of hydrogen-bond acceptors (Lipinski definition) is 2. The van der Waals surface area contributed by atoms with Crippen LogP contribution in [0.1, 0.15) is 28.7 Å². The highest BCUT2D eigenvalue weighted by atomic mass is 16.2. The summed E-state index contributed by atoms with van der Waals surface area (Å²) in [7, 11) is 0. The number of primary amides is 1. The Hall–Kier alpha value is -3.44. The fourth-order valence-corrected chi connectivity index (χ4v) is 3.36. The third-order valence-corrected chi connectivity index (χ3v) is 4.70. The molecule has 0 aliphatic carbocycles. The van der Waals surface area contributed by atoms with Crippen molar-refractivity contribution in [1.29, 1.82) is 0 Å². The first-order valence-corrected chi connectivity index (χ1v) is 9.23. The fourth-order valence-electron chi connectivity index (χ4n) is 3.36. The highest BCUT2D eigenvalue weighted by molar-refractivity contribution is 5.96. The van der Waals surface area contributed by atoms with E-state index >= 15 is 0 Å². The van der Waals surface area contributed by atoms with Gasteiger partial charge in [0.05, 0.1) is 12.5 Å². The Balaban J connectivity index is 1.86. The lowest BCUT2D eigenvalue weighted by Crippen LogP contribution is -2.88. The van der Waals surface area contributed by atoms with Crippen molar-refractivity contribution in [2.24, 2.45) is 5.73 Å². The first kappa shape index (κ1) is 19.3. The van der Waals surface area contributed by atoms with Crippen LogP contribution in [0.15, 0.2) is 91.0 Å². The summed E-state index contributed by atoms with van der Waals surface area (Å²) >= 11 is 0. The lowest BCUT2D eigenvalue weighted by molar-refractivity contribution is -0.684. The Kier molecular flexibility index (Phi) is 6.54. The number of urea groups is 1. The topological polar surface area (TPSA) is 88.8 Å². The molecular weight excluding hydrogens is 350 g/mol. The molecular formula is C23H24N3O2+. The monoisotopic (exact) mass is 374 g/mol. The van der Waals surface area contributed by atoms with Gasteiger partial charge in [0.15, 0.2) is 6.04 Å². The average molecular weight is 374 g/mol. The molecule has 0 saturated heterocycles. The third kappa shape index (κ3) is 5.05. The van der Waals surface area contributed by atoms with Crippen LogP contribution >= 0.6 is 0 Å². The highest BCUT2D eigenvalue weighted by Crippen LogP contribution is 2.23. The maximum absolute atomic E-state index is 12.6. The summed E-state index contributed by atoms with van der Waals surface area (Å²) < 4.78 is 0. The summed E-state index contributed by atoms with van der Waals surface area (Å²) in [6.07, 6.45) is 0. The van der Waals surface area contributed by atoms with Gasteiger partial charge in [-0.25, -0.2) is 4.79 Å². The Labute approximate surface area is 164 Å². The van der Waals surface area contributed by atoms with Crippen LogP contribution in [0, 0.1) is 0 Å². The molecule has 5 heteroatoms. The number of imide groups is 1. The van der Waals surface area contributed by atoms with Crippen molar-refractivity contribution < 1.29 is 14.9 Å². The molecule has 0 unspecified atom stereocenters. The summed E-state index contributed by atoms with van der Waals surface area (Å²) in [6, 6.07) is 28.4. The molecule has 3 amide bonds. The summed E-state index contributed by atoms with van der Waals surface area (Å²) in [6.45, 7) is 0.639. The molecule has 3 rings (SSSR count). The molecule has 0 radical (unpaired) electrons. The second-order valence-electron chi connectivity index (χ2n) is 6.59. The summed E-state index contributed by atoms with van der Waals surface area (Å²) in [5, 5.41) is 4.17. The molecule has 0 heterocycles.